The highest BCUT2D eigenvalue weighted by Crippen LogP contribution is 2.38. The summed E-state index contributed by atoms with van der Waals surface area (Å²) < 4.78 is 54.9. The molecule has 1 aromatic rings. The van der Waals surface area contributed by atoms with Crippen molar-refractivity contribution in [1.82, 2.24) is 0 Å². The number of aryl methyl sites for hydroxylation is 1. The van der Waals surface area contributed by atoms with Crippen molar-refractivity contribution in [1.29, 1.82) is 0 Å². The number of methoxy groups -OCH3 is 1. The van der Waals surface area contributed by atoms with E-state index in [0.717, 1.165) is 6.07 Å². The van der Waals surface area contributed by atoms with Gasteiger partial charge in [0.2, 0.25) is 0 Å². The first-order valence-corrected chi connectivity index (χ1v) is 4.79. The van der Waals surface area contributed by atoms with Gasteiger partial charge in [-0.2, -0.15) is 8.78 Å². The van der Waals surface area contributed by atoms with Gasteiger partial charge in [-0.1, -0.05) is 6.07 Å². The van der Waals surface area contributed by atoms with Crippen LogP contribution >= 0.6 is 0 Å². The molecule has 6 heteroatoms. The molecule has 1 N–H and O–H groups in total. The van der Waals surface area contributed by atoms with Gasteiger partial charge in [-0.3, -0.25) is 0 Å². The monoisotopic (exact) mass is 252 g/mol. The van der Waals surface area contributed by atoms with Crippen molar-refractivity contribution in [2.75, 3.05) is 7.11 Å². The van der Waals surface area contributed by atoms with Crippen molar-refractivity contribution in [2.45, 2.75) is 25.4 Å². The van der Waals surface area contributed by atoms with Crippen LogP contribution in [0.5, 0.6) is 5.75 Å². The summed E-state index contributed by atoms with van der Waals surface area (Å²) in [4.78, 5) is 0. The smallest absolute Gasteiger partial charge is 0.336 e. The average Bonchev–Trinajstić information content (AvgIpc) is 2.27. The quantitative estimate of drug-likeness (QED) is 0.835. The highest BCUT2D eigenvalue weighted by molar-refractivity contribution is 5.36. The molecule has 0 amide bonds. The Morgan fingerprint density at radius 3 is 2.29 bits per heavy atom. The van der Waals surface area contributed by atoms with Gasteiger partial charge in [0.25, 0.3) is 0 Å². The molecular weight excluding hydrogens is 240 g/mol. The number of ether oxygens (including phenoxy) is 1. The van der Waals surface area contributed by atoms with Crippen molar-refractivity contribution in [2.24, 2.45) is 0 Å². The van der Waals surface area contributed by atoms with Crippen LogP contribution in [-0.2, 0) is 0 Å². The van der Waals surface area contributed by atoms with Gasteiger partial charge in [-0.15, -0.1) is 0 Å². The molecule has 2 nitrogen and oxygen atoms in total. The van der Waals surface area contributed by atoms with E-state index in [-0.39, 0.29) is 11.1 Å². The average molecular weight is 252 g/mol. The minimum Gasteiger partial charge on any atom is -0.497 e. The molecule has 0 saturated carbocycles. The Morgan fingerprint density at radius 1 is 1.29 bits per heavy atom. The van der Waals surface area contributed by atoms with Crippen LogP contribution in [0.2, 0.25) is 0 Å². The Bertz CT molecular complexity index is 393. The summed E-state index contributed by atoms with van der Waals surface area (Å²) in [5.74, 6) is -4.07. The van der Waals surface area contributed by atoms with Gasteiger partial charge in [0, 0.05) is 0 Å². The Labute approximate surface area is 95.8 Å². The summed E-state index contributed by atoms with van der Waals surface area (Å²) in [7, 11) is 1.39. The maximum Gasteiger partial charge on any atom is 0.336 e. The van der Waals surface area contributed by atoms with Crippen LogP contribution in [0.3, 0.4) is 0 Å². The third-order valence-electron chi connectivity index (χ3n) is 2.43. The van der Waals surface area contributed by atoms with Crippen molar-refractivity contribution in [3.63, 3.8) is 0 Å². The highest BCUT2D eigenvalue weighted by atomic mass is 19.3. The fraction of sp³-hybridized carbons (Fsp3) is 0.455. The number of hydrogen-bond donors (Lipinski definition) is 1. The van der Waals surface area contributed by atoms with Crippen molar-refractivity contribution < 1.29 is 27.4 Å². The number of aliphatic hydroxyl groups is 1. The lowest BCUT2D eigenvalue weighted by Gasteiger charge is -2.23. The van der Waals surface area contributed by atoms with Crippen molar-refractivity contribution in [3.05, 3.63) is 29.3 Å². The summed E-state index contributed by atoms with van der Waals surface area (Å²) in [6.45, 7) is 1.43. The zero-order chi connectivity index (χ0) is 13.2. The maximum atomic E-state index is 13.0. The van der Waals surface area contributed by atoms with Gasteiger partial charge in [-0.05, 0) is 30.2 Å². The Morgan fingerprint density at radius 2 is 1.88 bits per heavy atom. The molecule has 1 unspecified atom stereocenters. The minimum absolute atomic E-state index is 0.240. The molecule has 0 aromatic heterocycles. The van der Waals surface area contributed by atoms with Crippen molar-refractivity contribution >= 4 is 0 Å². The zero-order valence-electron chi connectivity index (χ0n) is 9.25. The van der Waals surface area contributed by atoms with Gasteiger partial charge in [0.15, 0.2) is 0 Å². The predicted octanol–water partition coefficient (Wildman–Crippen LogP) is 2.94. The second-order valence-electron chi connectivity index (χ2n) is 3.60. The normalized spacial score (nSPS) is 13.9. The van der Waals surface area contributed by atoms with E-state index in [1.165, 1.54) is 26.2 Å². The second-order valence-corrected chi connectivity index (χ2v) is 3.60. The van der Waals surface area contributed by atoms with E-state index in [2.05, 4.69) is 0 Å². The van der Waals surface area contributed by atoms with Gasteiger partial charge in [0.1, 0.15) is 11.9 Å². The molecule has 0 spiro atoms. The molecule has 0 aliphatic heterocycles. The van der Waals surface area contributed by atoms with Crippen LogP contribution < -0.4 is 4.74 Å². The van der Waals surface area contributed by atoms with Gasteiger partial charge in [-0.25, -0.2) is 8.78 Å². The Balaban J connectivity index is 3.08. The van der Waals surface area contributed by atoms with Crippen LogP contribution in [0.25, 0.3) is 0 Å². The molecule has 0 bridgehead atoms. The summed E-state index contributed by atoms with van der Waals surface area (Å²) >= 11 is 0. The van der Waals surface area contributed by atoms with E-state index in [9.17, 15) is 22.7 Å². The fourth-order valence-electron chi connectivity index (χ4n) is 1.41. The molecule has 1 aromatic carbocycles. The first-order chi connectivity index (χ1) is 7.80. The molecule has 0 saturated heterocycles. The standard InChI is InChI=1S/C11H12F4O2/c1-6-5-7(17-2)3-4-8(6)9(16)11(14,15)10(12)13/h3-5,9-10,16H,1-2H3. The largest absolute Gasteiger partial charge is 0.497 e. The van der Waals surface area contributed by atoms with Crippen LogP contribution in [0.15, 0.2) is 18.2 Å². The second kappa shape index (κ2) is 4.91. The topological polar surface area (TPSA) is 29.5 Å². The molecule has 96 valence electrons. The van der Waals surface area contributed by atoms with Crippen LogP contribution in [0.1, 0.15) is 17.2 Å². The van der Waals surface area contributed by atoms with E-state index in [1.54, 1.807) is 0 Å². The molecule has 0 heterocycles. The van der Waals surface area contributed by atoms with E-state index in [0.29, 0.717) is 5.75 Å². The molecule has 1 atom stereocenters. The first-order valence-electron chi connectivity index (χ1n) is 4.79. The summed E-state index contributed by atoms with van der Waals surface area (Å²) in [6.07, 6.45) is -6.45. The molecule has 0 aliphatic rings. The summed E-state index contributed by atoms with van der Waals surface area (Å²) in [5, 5.41) is 9.29. The third-order valence-corrected chi connectivity index (χ3v) is 2.43. The lowest BCUT2D eigenvalue weighted by Crippen LogP contribution is -2.34. The molecule has 0 fully saturated rings. The zero-order valence-corrected chi connectivity index (χ0v) is 9.25. The first kappa shape index (κ1) is 13.8. The Hall–Kier alpha value is -1.30. The van der Waals surface area contributed by atoms with Gasteiger partial charge < -0.3 is 9.84 Å². The lowest BCUT2D eigenvalue weighted by molar-refractivity contribution is -0.194. The maximum absolute atomic E-state index is 13.0. The molecular formula is C11H12F4O2. The Kier molecular flexibility index (Phi) is 3.98. The minimum atomic E-state index is -4.47. The molecule has 17 heavy (non-hydrogen) atoms. The van der Waals surface area contributed by atoms with Crippen molar-refractivity contribution in [3.8, 4) is 5.75 Å². The fourth-order valence-corrected chi connectivity index (χ4v) is 1.41. The highest BCUT2D eigenvalue weighted by Gasteiger charge is 2.49. The lowest BCUT2D eigenvalue weighted by atomic mass is 9.98. The van der Waals surface area contributed by atoms with E-state index >= 15 is 0 Å². The number of benzene rings is 1. The summed E-state index contributed by atoms with van der Waals surface area (Å²) in [5.41, 5.74) is 0.0216. The van der Waals surface area contributed by atoms with Gasteiger partial charge >= 0.3 is 12.3 Å². The van der Waals surface area contributed by atoms with E-state index in [4.69, 9.17) is 4.74 Å². The number of hydrogen-bond acceptors (Lipinski definition) is 2. The number of rotatable bonds is 4. The van der Waals surface area contributed by atoms with Crippen LogP contribution in [0, 0.1) is 6.92 Å². The van der Waals surface area contributed by atoms with Crippen LogP contribution in [-0.4, -0.2) is 24.6 Å². The number of halogens is 4. The van der Waals surface area contributed by atoms with E-state index in [1.807, 2.05) is 0 Å². The summed E-state index contributed by atoms with van der Waals surface area (Å²) in [6, 6.07) is 3.86. The predicted molar refractivity (Wildman–Crippen MR) is 53.6 cm³/mol. The third kappa shape index (κ3) is 2.69. The number of alkyl halides is 4. The molecule has 0 aliphatic carbocycles. The SMILES string of the molecule is COc1ccc(C(O)C(F)(F)C(F)F)c(C)c1. The molecule has 1 rings (SSSR count). The van der Waals surface area contributed by atoms with Gasteiger partial charge in [0.05, 0.1) is 7.11 Å². The van der Waals surface area contributed by atoms with Crippen LogP contribution in [0.4, 0.5) is 17.6 Å². The molecule has 0 radical (unpaired) electrons. The number of aliphatic hydroxyl groups excluding tert-OH is 1. The van der Waals surface area contributed by atoms with E-state index < -0.39 is 18.5 Å².